The van der Waals surface area contributed by atoms with E-state index in [0.717, 1.165) is 4.90 Å². The van der Waals surface area contributed by atoms with Gasteiger partial charge in [-0.05, 0) is 105 Å². The van der Waals surface area contributed by atoms with E-state index < -0.39 is 41.8 Å². The van der Waals surface area contributed by atoms with Crippen molar-refractivity contribution in [3.05, 3.63) is 75.9 Å². The highest BCUT2D eigenvalue weighted by atomic mass is 79.9. The van der Waals surface area contributed by atoms with Crippen LogP contribution < -0.4 is 0 Å². The summed E-state index contributed by atoms with van der Waals surface area (Å²) in [4.78, 5) is 40.2. The van der Waals surface area contributed by atoms with Gasteiger partial charge >= 0.3 is 18.0 Å². The van der Waals surface area contributed by atoms with Crippen LogP contribution in [0, 0.1) is 11.6 Å². The standard InChI is InChI=1S/C29H31BrF2N2O6/c1-6-38-23(35)17-33(28(37)40-29(3,4)5)16-22-24(27(36)39-7-2)25(30)26(18-8-10-19(31)11-9-18)34(22)21-14-12-20(32)13-15-21/h8-15H,6-7,16-17H2,1-5H3. The second-order valence-electron chi connectivity index (χ2n) is 9.66. The summed E-state index contributed by atoms with van der Waals surface area (Å²) >= 11 is 3.53. The molecule has 3 rings (SSSR count). The predicted molar refractivity (Wildman–Crippen MR) is 148 cm³/mol. The molecule has 1 heterocycles. The first-order chi connectivity index (χ1) is 18.9. The number of aromatic nitrogens is 1. The Kier molecular flexibility index (Phi) is 10.1. The molecule has 8 nitrogen and oxygen atoms in total. The number of esters is 2. The van der Waals surface area contributed by atoms with E-state index in [1.165, 1.54) is 48.5 Å². The molecule has 0 radical (unpaired) electrons. The monoisotopic (exact) mass is 620 g/mol. The van der Waals surface area contributed by atoms with E-state index in [4.69, 9.17) is 14.2 Å². The lowest BCUT2D eigenvalue weighted by Crippen LogP contribution is -2.40. The lowest BCUT2D eigenvalue weighted by molar-refractivity contribution is -0.144. The Hall–Kier alpha value is -3.73. The predicted octanol–water partition coefficient (Wildman–Crippen LogP) is 6.66. The topological polar surface area (TPSA) is 87.1 Å². The Bertz CT molecular complexity index is 1370. The van der Waals surface area contributed by atoms with Gasteiger partial charge in [0.15, 0.2) is 0 Å². The van der Waals surface area contributed by atoms with E-state index >= 15 is 0 Å². The van der Waals surface area contributed by atoms with Crippen molar-refractivity contribution in [1.29, 1.82) is 0 Å². The molecule has 0 fully saturated rings. The molecule has 1 aromatic heterocycles. The molecule has 0 aliphatic heterocycles. The fraction of sp³-hybridized carbons (Fsp3) is 0.345. The van der Waals surface area contributed by atoms with E-state index in [1.54, 1.807) is 39.2 Å². The van der Waals surface area contributed by atoms with E-state index in [-0.39, 0.29) is 31.0 Å². The Morgan fingerprint density at radius 2 is 1.45 bits per heavy atom. The summed E-state index contributed by atoms with van der Waals surface area (Å²) in [5, 5.41) is 0. The fourth-order valence-corrected chi connectivity index (χ4v) is 4.74. The van der Waals surface area contributed by atoms with Crippen LogP contribution in [0.5, 0.6) is 0 Å². The van der Waals surface area contributed by atoms with Gasteiger partial charge in [-0.25, -0.2) is 18.4 Å². The Morgan fingerprint density at radius 3 is 1.98 bits per heavy atom. The highest BCUT2D eigenvalue weighted by Crippen LogP contribution is 2.40. The molecule has 11 heteroatoms. The first-order valence-corrected chi connectivity index (χ1v) is 13.4. The van der Waals surface area contributed by atoms with Crippen molar-refractivity contribution in [2.24, 2.45) is 0 Å². The minimum absolute atomic E-state index is 0.0664. The highest BCUT2D eigenvalue weighted by Gasteiger charge is 2.33. The third kappa shape index (κ3) is 7.47. The van der Waals surface area contributed by atoms with Gasteiger partial charge in [0.25, 0.3) is 0 Å². The minimum atomic E-state index is -0.882. The Morgan fingerprint density at radius 1 is 0.900 bits per heavy atom. The lowest BCUT2D eigenvalue weighted by atomic mass is 10.1. The average Bonchev–Trinajstić information content (AvgIpc) is 3.15. The van der Waals surface area contributed by atoms with Gasteiger partial charge in [0, 0.05) is 5.69 Å². The summed E-state index contributed by atoms with van der Waals surface area (Å²) in [7, 11) is 0. The molecule has 0 aliphatic rings. The summed E-state index contributed by atoms with van der Waals surface area (Å²) in [6.07, 6.45) is -0.818. The quantitative estimate of drug-likeness (QED) is 0.196. The number of ether oxygens (including phenoxy) is 3. The molecule has 214 valence electrons. The third-order valence-corrected chi connectivity index (χ3v) is 6.28. The number of hydrogen-bond donors (Lipinski definition) is 0. The molecule has 40 heavy (non-hydrogen) atoms. The van der Waals surface area contributed by atoms with Crippen LogP contribution in [-0.4, -0.2) is 52.9 Å². The molecule has 3 aromatic rings. The molecule has 1 amide bonds. The van der Waals surface area contributed by atoms with Gasteiger partial charge in [0.2, 0.25) is 0 Å². The van der Waals surface area contributed by atoms with Crippen molar-refractivity contribution in [3.63, 3.8) is 0 Å². The molecule has 0 bridgehead atoms. The van der Waals surface area contributed by atoms with Gasteiger partial charge in [0.1, 0.15) is 23.8 Å². The van der Waals surface area contributed by atoms with Gasteiger partial charge in [-0.15, -0.1) is 0 Å². The average molecular weight is 621 g/mol. The minimum Gasteiger partial charge on any atom is -0.465 e. The van der Waals surface area contributed by atoms with Gasteiger partial charge in [-0.2, -0.15) is 0 Å². The summed E-state index contributed by atoms with van der Waals surface area (Å²) in [6, 6.07) is 11.1. The molecule has 0 N–H and O–H groups in total. The van der Waals surface area contributed by atoms with Gasteiger partial charge in [0.05, 0.1) is 41.2 Å². The summed E-state index contributed by atoms with van der Waals surface area (Å²) in [6.45, 7) is 7.74. The summed E-state index contributed by atoms with van der Waals surface area (Å²) in [5.41, 5.74) is 0.808. The van der Waals surface area contributed by atoms with Crippen LogP contribution in [0.4, 0.5) is 13.6 Å². The molecule has 0 unspecified atom stereocenters. The normalized spacial score (nSPS) is 11.2. The van der Waals surface area contributed by atoms with Crippen molar-refractivity contribution in [2.45, 2.75) is 46.8 Å². The van der Waals surface area contributed by atoms with Crippen LogP contribution in [0.15, 0.2) is 53.0 Å². The van der Waals surface area contributed by atoms with Crippen LogP contribution in [0.3, 0.4) is 0 Å². The highest BCUT2D eigenvalue weighted by molar-refractivity contribution is 9.10. The molecule has 2 aromatic carbocycles. The zero-order valence-corrected chi connectivity index (χ0v) is 24.5. The first-order valence-electron chi connectivity index (χ1n) is 12.6. The lowest BCUT2D eigenvalue weighted by Gasteiger charge is -2.27. The molecule has 0 spiro atoms. The van der Waals surface area contributed by atoms with Crippen molar-refractivity contribution >= 4 is 34.0 Å². The number of nitrogens with zero attached hydrogens (tertiary/aromatic N) is 2. The van der Waals surface area contributed by atoms with Crippen molar-refractivity contribution in [3.8, 4) is 16.9 Å². The number of amides is 1. The number of carbonyl (C=O) groups is 3. The van der Waals surface area contributed by atoms with Crippen LogP contribution in [0.25, 0.3) is 16.9 Å². The van der Waals surface area contributed by atoms with E-state index in [2.05, 4.69) is 15.9 Å². The molecule has 0 atom stereocenters. The van der Waals surface area contributed by atoms with Gasteiger partial charge < -0.3 is 18.8 Å². The smallest absolute Gasteiger partial charge is 0.411 e. The molecular weight excluding hydrogens is 590 g/mol. The second-order valence-corrected chi connectivity index (χ2v) is 10.5. The number of benzene rings is 2. The first kappa shape index (κ1) is 30.8. The zero-order chi connectivity index (χ0) is 29.6. The van der Waals surface area contributed by atoms with Crippen molar-refractivity contribution in [1.82, 2.24) is 9.47 Å². The second kappa shape index (κ2) is 13.1. The van der Waals surface area contributed by atoms with E-state index in [1.807, 2.05) is 0 Å². The fourth-order valence-electron chi connectivity index (χ4n) is 3.94. The maximum Gasteiger partial charge on any atom is 0.411 e. The van der Waals surface area contributed by atoms with Crippen molar-refractivity contribution < 1.29 is 37.4 Å². The van der Waals surface area contributed by atoms with Crippen LogP contribution in [0.1, 0.15) is 50.7 Å². The SMILES string of the molecule is CCOC(=O)CN(Cc1c(C(=O)OCC)c(Br)c(-c2ccc(F)cc2)n1-c1ccc(F)cc1)C(=O)OC(C)(C)C. The molecule has 0 saturated heterocycles. The van der Waals surface area contributed by atoms with Crippen LogP contribution >= 0.6 is 15.9 Å². The number of rotatable bonds is 9. The number of hydrogen-bond acceptors (Lipinski definition) is 6. The van der Waals surface area contributed by atoms with E-state index in [9.17, 15) is 23.2 Å². The molecular formula is C29H31BrF2N2O6. The van der Waals surface area contributed by atoms with Crippen molar-refractivity contribution in [2.75, 3.05) is 19.8 Å². The third-order valence-electron chi connectivity index (χ3n) is 5.51. The number of halogens is 3. The molecule has 0 aliphatic carbocycles. The van der Waals surface area contributed by atoms with E-state index in [0.29, 0.717) is 21.4 Å². The Labute approximate surface area is 239 Å². The maximum atomic E-state index is 13.9. The zero-order valence-electron chi connectivity index (χ0n) is 22.9. The Balaban J connectivity index is 2.32. The molecule has 0 saturated carbocycles. The van der Waals surface area contributed by atoms with Crippen LogP contribution in [0.2, 0.25) is 0 Å². The number of carbonyl (C=O) groups excluding carboxylic acids is 3. The van der Waals surface area contributed by atoms with Crippen LogP contribution in [-0.2, 0) is 25.5 Å². The largest absolute Gasteiger partial charge is 0.465 e. The summed E-state index contributed by atoms with van der Waals surface area (Å²) < 4.78 is 45.6. The van der Waals surface area contributed by atoms with Gasteiger partial charge in [-0.3, -0.25) is 9.69 Å². The van der Waals surface area contributed by atoms with Gasteiger partial charge in [-0.1, -0.05) is 0 Å². The maximum absolute atomic E-state index is 13.9. The summed E-state index contributed by atoms with van der Waals surface area (Å²) in [5.74, 6) is -2.32.